The van der Waals surface area contributed by atoms with E-state index < -0.39 is 0 Å². The number of nitrogens with zero attached hydrogens (tertiary/aromatic N) is 2. The van der Waals surface area contributed by atoms with Crippen LogP contribution in [0.25, 0.3) is 11.3 Å². The van der Waals surface area contributed by atoms with Crippen LogP contribution in [0.3, 0.4) is 0 Å². The van der Waals surface area contributed by atoms with E-state index in [4.69, 9.17) is 11.6 Å². The predicted molar refractivity (Wildman–Crippen MR) is 66.4 cm³/mol. The molecule has 0 saturated carbocycles. The average Bonchev–Trinajstić information content (AvgIpc) is 2.61. The molecule has 4 heteroatoms. The number of halogens is 1. The van der Waals surface area contributed by atoms with Crippen molar-refractivity contribution in [2.24, 2.45) is 7.05 Å². The Morgan fingerprint density at radius 3 is 2.94 bits per heavy atom. The number of aryl methyl sites for hydroxylation is 1. The maximum Gasteiger partial charge on any atom is 0.0953 e. The predicted octanol–water partition coefficient (Wildman–Crippen LogP) is 2.46. The Bertz CT molecular complexity index is 491. The van der Waals surface area contributed by atoms with Crippen molar-refractivity contribution in [2.45, 2.75) is 6.54 Å². The first-order chi connectivity index (χ1) is 7.72. The molecular formula is C12H14ClN3. The number of hydrogen-bond donors (Lipinski definition) is 1. The average molecular weight is 236 g/mol. The monoisotopic (exact) mass is 235 g/mol. The smallest absolute Gasteiger partial charge is 0.0953 e. The van der Waals surface area contributed by atoms with Crippen LogP contribution in [0.2, 0.25) is 5.02 Å². The van der Waals surface area contributed by atoms with E-state index >= 15 is 0 Å². The third-order valence-corrected chi connectivity index (χ3v) is 2.74. The third-order valence-electron chi connectivity index (χ3n) is 2.50. The lowest BCUT2D eigenvalue weighted by atomic mass is 10.1. The molecule has 0 aliphatic carbocycles. The summed E-state index contributed by atoms with van der Waals surface area (Å²) < 4.78 is 2.02. The van der Waals surface area contributed by atoms with Crippen molar-refractivity contribution >= 4 is 11.6 Å². The van der Waals surface area contributed by atoms with Crippen LogP contribution in [0.4, 0.5) is 0 Å². The Hall–Kier alpha value is -1.32. The van der Waals surface area contributed by atoms with E-state index in [2.05, 4.69) is 10.3 Å². The van der Waals surface area contributed by atoms with E-state index in [0.29, 0.717) is 0 Å². The van der Waals surface area contributed by atoms with Crippen LogP contribution in [0, 0.1) is 0 Å². The molecule has 0 aliphatic heterocycles. The van der Waals surface area contributed by atoms with Crippen molar-refractivity contribution in [2.75, 3.05) is 7.05 Å². The summed E-state index contributed by atoms with van der Waals surface area (Å²) in [5.74, 6) is 0. The normalized spacial score (nSPS) is 10.7. The first-order valence-corrected chi connectivity index (χ1v) is 5.51. The van der Waals surface area contributed by atoms with Gasteiger partial charge in [0.1, 0.15) is 0 Å². The minimum absolute atomic E-state index is 0.735. The second kappa shape index (κ2) is 4.68. The Balaban J connectivity index is 2.47. The zero-order chi connectivity index (χ0) is 11.5. The Kier molecular flexibility index (Phi) is 3.27. The third kappa shape index (κ3) is 2.10. The zero-order valence-corrected chi connectivity index (χ0v) is 10.1. The minimum Gasteiger partial charge on any atom is -0.336 e. The summed E-state index contributed by atoms with van der Waals surface area (Å²) in [7, 11) is 3.92. The van der Waals surface area contributed by atoms with Crippen molar-refractivity contribution in [3.63, 3.8) is 0 Å². The molecule has 0 unspecified atom stereocenters. The second-order valence-electron chi connectivity index (χ2n) is 3.69. The molecule has 1 aromatic heterocycles. The molecule has 3 nitrogen and oxygen atoms in total. The lowest BCUT2D eigenvalue weighted by molar-refractivity contribution is 0.735. The second-order valence-corrected chi connectivity index (χ2v) is 4.13. The molecule has 0 aliphatic rings. The van der Waals surface area contributed by atoms with Gasteiger partial charge in [0.05, 0.1) is 17.7 Å². The minimum atomic E-state index is 0.735. The van der Waals surface area contributed by atoms with E-state index in [1.165, 1.54) is 0 Å². The van der Waals surface area contributed by atoms with Crippen LogP contribution in [-0.4, -0.2) is 16.6 Å². The summed E-state index contributed by atoms with van der Waals surface area (Å²) in [5.41, 5.74) is 3.20. The van der Waals surface area contributed by atoms with E-state index in [1.54, 1.807) is 0 Å². The SMILES string of the molecule is CNCc1c(-c2cccc(Cl)c2)ncn1C. The van der Waals surface area contributed by atoms with Gasteiger partial charge in [0, 0.05) is 24.2 Å². The van der Waals surface area contributed by atoms with Gasteiger partial charge in [-0.2, -0.15) is 0 Å². The Morgan fingerprint density at radius 2 is 2.25 bits per heavy atom. The van der Waals surface area contributed by atoms with Gasteiger partial charge < -0.3 is 9.88 Å². The number of aromatic nitrogens is 2. The highest BCUT2D eigenvalue weighted by molar-refractivity contribution is 6.30. The molecule has 0 fully saturated rings. The Morgan fingerprint density at radius 1 is 1.44 bits per heavy atom. The van der Waals surface area contributed by atoms with Crippen LogP contribution < -0.4 is 5.32 Å². The van der Waals surface area contributed by atoms with E-state index in [9.17, 15) is 0 Å². The fourth-order valence-corrected chi connectivity index (χ4v) is 1.90. The number of imidazole rings is 1. The number of nitrogens with one attached hydrogen (secondary N) is 1. The van der Waals surface area contributed by atoms with Gasteiger partial charge in [-0.15, -0.1) is 0 Å². The topological polar surface area (TPSA) is 29.9 Å². The molecule has 0 bridgehead atoms. The molecule has 0 atom stereocenters. The van der Waals surface area contributed by atoms with Gasteiger partial charge in [-0.05, 0) is 19.2 Å². The largest absolute Gasteiger partial charge is 0.336 e. The van der Waals surface area contributed by atoms with Crippen LogP contribution >= 0.6 is 11.6 Å². The zero-order valence-electron chi connectivity index (χ0n) is 9.37. The summed E-state index contributed by atoms with van der Waals surface area (Å²) >= 11 is 5.98. The molecular weight excluding hydrogens is 222 g/mol. The first-order valence-electron chi connectivity index (χ1n) is 5.13. The van der Waals surface area contributed by atoms with Gasteiger partial charge in [-0.1, -0.05) is 23.7 Å². The van der Waals surface area contributed by atoms with Crippen molar-refractivity contribution < 1.29 is 0 Å². The molecule has 84 valence electrons. The summed E-state index contributed by atoms with van der Waals surface area (Å²) in [4.78, 5) is 4.41. The molecule has 2 rings (SSSR count). The van der Waals surface area contributed by atoms with E-state index in [0.717, 1.165) is 28.5 Å². The maximum atomic E-state index is 5.98. The number of hydrogen-bond acceptors (Lipinski definition) is 2. The van der Waals surface area contributed by atoms with Gasteiger partial charge in [-0.3, -0.25) is 0 Å². The molecule has 2 aromatic rings. The number of rotatable bonds is 3. The van der Waals surface area contributed by atoms with Crippen molar-refractivity contribution in [3.8, 4) is 11.3 Å². The molecule has 0 radical (unpaired) electrons. The molecule has 16 heavy (non-hydrogen) atoms. The van der Waals surface area contributed by atoms with E-state index in [-0.39, 0.29) is 0 Å². The highest BCUT2D eigenvalue weighted by Crippen LogP contribution is 2.24. The quantitative estimate of drug-likeness (QED) is 0.886. The van der Waals surface area contributed by atoms with Gasteiger partial charge in [0.25, 0.3) is 0 Å². The van der Waals surface area contributed by atoms with Crippen LogP contribution in [-0.2, 0) is 13.6 Å². The van der Waals surface area contributed by atoms with Crippen molar-refractivity contribution in [1.29, 1.82) is 0 Å². The van der Waals surface area contributed by atoms with E-state index in [1.807, 2.05) is 49.3 Å². The Labute approximate surface area is 100 Å². The van der Waals surface area contributed by atoms with Gasteiger partial charge in [0.15, 0.2) is 0 Å². The lowest BCUT2D eigenvalue weighted by Gasteiger charge is -2.05. The van der Waals surface area contributed by atoms with Crippen LogP contribution in [0.5, 0.6) is 0 Å². The standard InChI is InChI=1S/C12H14ClN3/c1-14-7-11-12(15-8-16(11)2)9-4-3-5-10(13)6-9/h3-6,8,14H,7H2,1-2H3. The van der Waals surface area contributed by atoms with Gasteiger partial charge >= 0.3 is 0 Å². The van der Waals surface area contributed by atoms with Gasteiger partial charge in [0.2, 0.25) is 0 Å². The van der Waals surface area contributed by atoms with Crippen molar-refractivity contribution in [3.05, 3.63) is 41.3 Å². The molecule has 0 saturated heterocycles. The highest BCUT2D eigenvalue weighted by Gasteiger charge is 2.10. The van der Waals surface area contributed by atoms with Crippen LogP contribution in [0.1, 0.15) is 5.69 Å². The lowest BCUT2D eigenvalue weighted by Crippen LogP contribution is -2.09. The highest BCUT2D eigenvalue weighted by atomic mass is 35.5. The summed E-state index contributed by atoms with van der Waals surface area (Å²) in [6.07, 6.45) is 1.82. The molecule has 0 amide bonds. The first kappa shape index (κ1) is 11.2. The molecule has 0 spiro atoms. The summed E-state index contributed by atoms with van der Waals surface area (Å²) in [5, 5.41) is 3.88. The van der Waals surface area contributed by atoms with Crippen molar-refractivity contribution in [1.82, 2.24) is 14.9 Å². The molecule has 1 heterocycles. The number of benzene rings is 1. The summed E-state index contributed by atoms with van der Waals surface area (Å²) in [6.45, 7) is 0.790. The fourth-order valence-electron chi connectivity index (χ4n) is 1.71. The summed E-state index contributed by atoms with van der Waals surface area (Å²) in [6, 6.07) is 7.76. The molecule has 1 N–H and O–H groups in total. The fraction of sp³-hybridized carbons (Fsp3) is 0.250. The van der Waals surface area contributed by atoms with Gasteiger partial charge in [-0.25, -0.2) is 4.98 Å². The maximum absolute atomic E-state index is 5.98. The van der Waals surface area contributed by atoms with Crippen LogP contribution in [0.15, 0.2) is 30.6 Å². The molecule has 1 aromatic carbocycles.